The van der Waals surface area contributed by atoms with Gasteiger partial charge in [0, 0.05) is 44.5 Å². The van der Waals surface area contributed by atoms with Gasteiger partial charge in [0.25, 0.3) is 0 Å². The quantitative estimate of drug-likeness (QED) is 0.183. The van der Waals surface area contributed by atoms with Crippen molar-refractivity contribution in [2.24, 2.45) is 0 Å². The molecule has 0 saturated carbocycles. The number of nitrogens with zero attached hydrogens (tertiary/aromatic N) is 2. The van der Waals surface area contributed by atoms with Gasteiger partial charge < -0.3 is 15.0 Å². The van der Waals surface area contributed by atoms with E-state index in [0.717, 1.165) is 89.4 Å². The van der Waals surface area contributed by atoms with Crippen molar-refractivity contribution in [2.75, 3.05) is 0 Å². The maximum absolute atomic E-state index is 5.37. The minimum Gasteiger partial charge on any atom is -0.363 e. The molecule has 7 aromatic rings. The summed E-state index contributed by atoms with van der Waals surface area (Å²) in [6.07, 6.45) is 7.83. The van der Waals surface area contributed by atoms with E-state index in [9.17, 15) is 0 Å². The smallest absolute Gasteiger partial charge is 0.0658 e. The molecule has 0 aliphatic carbocycles. The number of H-pyrrole nitrogens is 2. The Morgan fingerprint density at radius 2 is 0.959 bits per heavy atom. The van der Waals surface area contributed by atoms with Crippen molar-refractivity contribution in [2.45, 2.75) is 0 Å². The van der Waals surface area contributed by atoms with E-state index in [-0.39, 0.29) is 16.8 Å². The molecule has 0 saturated heterocycles. The number of fused-ring (bicyclic) bond motifs is 8. The zero-order chi connectivity index (χ0) is 31.9. The van der Waals surface area contributed by atoms with Crippen LogP contribution >= 0.6 is 0 Å². The third-order valence-corrected chi connectivity index (χ3v) is 8.79. The van der Waals surface area contributed by atoms with Gasteiger partial charge in [0.2, 0.25) is 0 Å². The molecule has 3 aromatic heterocycles. The first kappa shape index (κ1) is 30.3. The number of nitrogens with one attached hydrogen (secondary N) is 2. The second kappa shape index (κ2) is 12.9. The maximum atomic E-state index is 5.37. The van der Waals surface area contributed by atoms with Gasteiger partial charge in [-0.25, -0.2) is 4.98 Å². The van der Waals surface area contributed by atoms with E-state index in [1.807, 2.05) is 6.07 Å². The normalized spacial score (nSPS) is 12.0. The van der Waals surface area contributed by atoms with Gasteiger partial charge in [-0.2, -0.15) is 0 Å². The maximum Gasteiger partial charge on any atom is 0.0658 e. The molecular weight excluding hydrogens is 643 g/mol. The van der Waals surface area contributed by atoms with Crippen LogP contribution in [0.1, 0.15) is 28.3 Å². The fourth-order valence-corrected chi connectivity index (χ4v) is 6.68. The first-order valence-corrected chi connectivity index (χ1v) is 16.1. The summed E-state index contributed by atoms with van der Waals surface area (Å²) in [5.74, 6) is 0. The molecule has 9 rings (SSSR count). The Morgan fingerprint density at radius 1 is 0.449 bits per heavy atom. The summed E-state index contributed by atoms with van der Waals surface area (Å²) in [5.41, 5.74) is 15.8. The second-order valence-electron chi connectivity index (χ2n) is 11.9. The summed E-state index contributed by atoms with van der Waals surface area (Å²) in [5, 5.41) is 0. The summed E-state index contributed by atoms with van der Waals surface area (Å²) in [6.45, 7) is 0. The number of hydrogen-bond acceptors (Lipinski definition) is 2. The molecule has 235 valence electrons. The van der Waals surface area contributed by atoms with Crippen molar-refractivity contribution in [1.82, 2.24) is 19.9 Å². The molecule has 0 spiro atoms. The number of rotatable bonds is 4. The van der Waals surface area contributed by atoms with Gasteiger partial charge in [-0.3, -0.25) is 0 Å². The van der Waals surface area contributed by atoms with Crippen molar-refractivity contribution >= 4 is 39.8 Å². The Morgan fingerprint density at radius 3 is 1.57 bits per heavy atom. The van der Waals surface area contributed by atoms with Crippen LogP contribution in [0.2, 0.25) is 0 Å². The number of hydrogen-bond donors (Lipinski definition) is 2. The van der Waals surface area contributed by atoms with Crippen LogP contribution in [-0.4, -0.2) is 19.9 Å². The molecule has 2 aliphatic rings. The summed E-state index contributed by atoms with van der Waals surface area (Å²) in [7, 11) is 0. The fourth-order valence-electron chi connectivity index (χ4n) is 6.68. The van der Waals surface area contributed by atoms with Crippen molar-refractivity contribution in [3.8, 4) is 33.4 Å². The van der Waals surface area contributed by atoms with E-state index in [1.165, 1.54) is 0 Å². The monoisotopic (exact) mass is 672 g/mol. The topological polar surface area (TPSA) is 57.4 Å². The van der Waals surface area contributed by atoms with E-state index in [4.69, 9.17) is 9.97 Å². The predicted molar refractivity (Wildman–Crippen MR) is 198 cm³/mol. The van der Waals surface area contributed by atoms with Crippen LogP contribution in [0.4, 0.5) is 0 Å². The Hall–Kier alpha value is -6.01. The third-order valence-electron chi connectivity index (χ3n) is 8.79. The molecule has 8 bridgehead atoms. The van der Waals surface area contributed by atoms with E-state index in [0.29, 0.717) is 0 Å². The summed E-state index contributed by atoms with van der Waals surface area (Å²) >= 11 is 0. The van der Waals surface area contributed by atoms with Crippen molar-refractivity contribution < 1.29 is 16.8 Å². The minimum atomic E-state index is 0. The van der Waals surface area contributed by atoms with Crippen LogP contribution in [0.15, 0.2) is 152 Å². The Kier molecular flexibility index (Phi) is 7.98. The van der Waals surface area contributed by atoms with Gasteiger partial charge in [-0.1, -0.05) is 133 Å². The second-order valence-corrected chi connectivity index (χ2v) is 11.9. The van der Waals surface area contributed by atoms with Gasteiger partial charge in [0.15, 0.2) is 0 Å². The molecule has 4 aromatic carbocycles. The molecular formula is C44H29CoN4-. The van der Waals surface area contributed by atoms with Crippen molar-refractivity contribution in [3.63, 3.8) is 0 Å². The molecule has 0 fully saturated rings. The van der Waals surface area contributed by atoms with Crippen LogP contribution in [0.5, 0.6) is 0 Å². The van der Waals surface area contributed by atoms with Crippen LogP contribution in [-0.2, 0) is 16.8 Å². The molecule has 5 heteroatoms. The molecule has 0 unspecified atom stereocenters. The molecule has 49 heavy (non-hydrogen) atoms. The molecule has 0 atom stereocenters. The minimum absolute atomic E-state index is 0. The Bertz CT molecular complexity index is 2530. The van der Waals surface area contributed by atoms with Gasteiger partial charge in [-0.15, -0.1) is 11.6 Å². The first-order valence-electron chi connectivity index (χ1n) is 16.1. The van der Waals surface area contributed by atoms with Crippen LogP contribution in [0.3, 0.4) is 0 Å². The zero-order valence-electron chi connectivity index (χ0n) is 26.3. The van der Waals surface area contributed by atoms with Crippen LogP contribution < -0.4 is 0 Å². The molecule has 1 radical (unpaired) electrons. The molecule has 2 N–H and O–H groups in total. The van der Waals surface area contributed by atoms with E-state index in [1.54, 1.807) is 0 Å². The third kappa shape index (κ3) is 5.76. The molecule has 4 nitrogen and oxygen atoms in total. The van der Waals surface area contributed by atoms with E-state index >= 15 is 0 Å². The molecule has 5 heterocycles. The van der Waals surface area contributed by atoms with Gasteiger partial charge >= 0.3 is 0 Å². The Balaban J connectivity index is 0.00000348. The average Bonchev–Trinajstić information content (AvgIpc) is 3.94. The summed E-state index contributed by atoms with van der Waals surface area (Å²) < 4.78 is 0. The SMILES string of the molecule is [C-]1=C(c2ccccc2)c2nc1cc1ccc(cc3nc(cc4[nH]c(c2-c2ccccc2)c(-c2ccccc2)c4-c2ccccc2)C=C3)[nH]1.[Co]. The first-order chi connectivity index (χ1) is 23.8. The predicted octanol–water partition coefficient (Wildman–Crippen LogP) is 10.8. The Labute approximate surface area is 294 Å². The standard InChI is InChI=1S/C44H29N4.Co/c1-5-13-29(14-6-1)38-27-37-26-35-22-21-33(45-35)25-34-23-24-36(46-34)28-39-40(30-15-7-2-8-16-30)41(31-17-9-3-10-18-31)44(48-39)42(43(38)47-37)32-19-11-4-12-20-32;/h1-26,28,45,48H;/q-1;. The molecule has 0 amide bonds. The van der Waals surface area contributed by atoms with Gasteiger partial charge in [0.05, 0.1) is 11.4 Å². The van der Waals surface area contributed by atoms with Crippen LogP contribution in [0, 0.1) is 6.08 Å². The van der Waals surface area contributed by atoms with Crippen molar-refractivity contribution in [1.29, 1.82) is 0 Å². The summed E-state index contributed by atoms with van der Waals surface area (Å²) in [6, 6.07) is 52.7. The number of aromatic nitrogens is 4. The largest absolute Gasteiger partial charge is 0.363 e. The van der Waals surface area contributed by atoms with Crippen LogP contribution in [0.25, 0.3) is 73.2 Å². The van der Waals surface area contributed by atoms with E-state index < -0.39 is 0 Å². The summed E-state index contributed by atoms with van der Waals surface area (Å²) in [4.78, 5) is 17.8. The number of aromatic amines is 2. The molecule has 2 aliphatic heterocycles. The number of benzene rings is 4. The van der Waals surface area contributed by atoms with Gasteiger partial charge in [-0.05, 0) is 75.6 Å². The van der Waals surface area contributed by atoms with Crippen molar-refractivity contribution in [3.05, 3.63) is 186 Å². The fraction of sp³-hybridized carbons (Fsp3) is 0. The zero-order valence-corrected chi connectivity index (χ0v) is 27.4. The van der Waals surface area contributed by atoms with E-state index in [2.05, 4.69) is 174 Å². The van der Waals surface area contributed by atoms with Gasteiger partial charge in [0.1, 0.15) is 0 Å². The average molecular weight is 673 g/mol.